The Morgan fingerprint density at radius 3 is 2.50 bits per heavy atom. The van der Waals surface area contributed by atoms with Gasteiger partial charge in [0.2, 0.25) is 0 Å². The van der Waals surface area contributed by atoms with Crippen LogP contribution in [0.5, 0.6) is 5.75 Å². The summed E-state index contributed by atoms with van der Waals surface area (Å²) >= 11 is 0. The number of likely N-dealkylation sites (tertiary alicyclic amines) is 1. The van der Waals surface area contributed by atoms with Gasteiger partial charge in [-0.3, -0.25) is 4.98 Å². The highest BCUT2D eigenvalue weighted by atomic mass is 16.6. The lowest BCUT2D eigenvalue weighted by atomic mass is 10.1. The van der Waals surface area contributed by atoms with Crippen molar-refractivity contribution in [1.29, 1.82) is 0 Å². The summed E-state index contributed by atoms with van der Waals surface area (Å²) in [5.74, 6) is 0.237. The molecule has 3 heterocycles. The standard InChI is InChI=1S/C20H25N3O5/c1-20(2,3)28-19(25)23-11-15(12-23)27-14-6-7-16(21-9-14)17-8-13(10-22(17)4)18(24)26-5/h6-10,15H,11-12H2,1-5H3. The monoisotopic (exact) mass is 387 g/mol. The minimum absolute atomic E-state index is 0.0823. The highest BCUT2D eigenvalue weighted by Gasteiger charge is 2.35. The SMILES string of the molecule is COC(=O)c1cc(-c2ccc(OC3CN(C(=O)OC(C)(C)C)C3)cn2)n(C)c1. The average Bonchev–Trinajstić information content (AvgIpc) is 2.97. The van der Waals surface area contributed by atoms with Crippen molar-refractivity contribution in [2.24, 2.45) is 7.05 Å². The van der Waals surface area contributed by atoms with E-state index in [1.807, 2.05) is 44.5 Å². The normalized spacial score (nSPS) is 14.4. The summed E-state index contributed by atoms with van der Waals surface area (Å²) in [6.07, 6.45) is 2.93. The number of hydrogen-bond donors (Lipinski definition) is 0. The van der Waals surface area contributed by atoms with Crippen molar-refractivity contribution in [3.8, 4) is 17.1 Å². The molecule has 0 aliphatic carbocycles. The number of carbonyl (C=O) groups excluding carboxylic acids is 2. The van der Waals surface area contributed by atoms with Crippen LogP contribution in [0.1, 0.15) is 31.1 Å². The van der Waals surface area contributed by atoms with Crippen LogP contribution in [0, 0.1) is 0 Å². The molecule has 0 saturated carbocycles. The van der Waals surface area contributed by atoms with Crippen LogP contribution in [-0.2, 0) is 16.5 Å². The molecule has 28 heavy (non-hydrogen) atoms. The number of esters is 1. The number of rotatable bonds is 4. The number of ether oxygens (including phenoxy) is 3. The predicted molar refractivity (Wildman–Crippen MR) is 102 cm³/mol. The molecule has 1 aliphatic heterocycles. The molecule has 150 valence electrons. The van der Waals surface area contributed by atoms with Gasteiger partial charge in [-0.25, -0.2) is 9.59 Å². The van der Waals surface area contributed by atoms with Gasteiger partial charge in [-0.15, -0.1) is 0 Å². The lowest BCUT2D eigenvalue weighted by Crippen LogP contribution is -2.57. The molecule has 1 saturated heterocycles. The third-order valence-electron chi connectivity index (χ3n) is 4.23. The fraction of sp³-hybridized carbons (Fsp3) is 0.450. The molecule has 0 bridgehead atoms. The van der Waals surface area contributed by atoms with Gasteiger partial charge in [0.1, 0.15) is 17.5 Å². The van der Waals surface area contributed by atoms with Gasteiger partial charge >= 0.3 is 12.1 Å². The molecule has 0 aromatic carbocycles. The van der Waals surface area contributed by atoms with Crippen molar-refractivity contribution < 1.29 is 23.8 Å². The molecule has 1 aliphatic rings. The van der Waals surface area contributed by atoms with Crippen molar-refractivity contribution in [2.45, 2.75) is 32.5 Å². The molecule has 1 amide bonds. The van der Waals surface area contributed by atoms with E-state index in [1.165, 1.54) is 7.11 Å². The number of aryl methyl sites for hydroxylation is 1. The molecule has 0 atom stereocenters. The van der Waals surface area contributed by atoms with Crippen LogP contribution in [0.15, 0.2) is 30.6 Å². The van der Waals surface area contributed by atoms with Crippen LogP contribution in [0.4, 0.5) is 4.79 Å². The second-order valence-electron chi connectivity index (χ2n) is 7.72. The second kappa shape index (κ2) is 7.53. The highest BCUT2D eigenvalue weighted by molar-refractivity contribution is 5.90. The first-order chi connectivity index (χ1) is 13.2. The van der Waals surface area contributed by atoms with Crippen LogP contribution < -0.4 is 4.74 Å². The topological polar surface area (TPSA) is 82.9 Å². The molecular formula is C20H25N3O5. The fourth-order valence-electron chi connectivity index (χ4n) is 2.83. The van der Waals surface area contributed by atoms with E-state index in [2.05, 4.69) is 4.98 Å². The van der Waals surface area contributed by atoms with Crippen LogP contribution >= 0.6 is 0 Å². The maximum absolute atomic E-state index is 11.9. The van der Waals surface area contributed by atoms with Crippen LogP contribution in [0.25, 0.3) is 11.4 Å². The van der Waals surface area contributed by atoms with E-state index in [0.717, 1.165) is 5.69 Å². The van der Waals surface area contributed by atoms with Crippen molar-refractivity contribution in [2.75, 3.05) is 20.2 Å². The molecule has 0 N–H and O–H groups in total. The lowest BCUT2D eigenvalue weighted by Gasteiger charge is -2.39. The zero-order valence-electron chi connectivity index (χ0n) is 16.8. The second-order valence-corrected chi connectivity index (χ2v) is 7.72. The first-order valence-corrected chi connectivity index (χ1v) is 9.02. The van der Waals surface area contributed by atoms with Gasteiger partial charge in [0.15, 0.2) is 0 Å². The van der Waals surface area contributed by atoms with E-state index >= 15 is 0 Å². The Kier molecular flexibility index (Phi) is 5.31. The van der Waals surface area contributed by atoms with Crippen molar-refractivity contribution >= 4 is 12.1 Å². The number of aromatic nitrogens is 2. The average molecular weight is 387 g/mol. The summed E-state index contributed by atoms with van der Waals surface area (Å²) in [7, 11) is 3.19. The van der Waals surface area contributed by atoms with E-state index in [1.54, 1.807) is 23.4 Å². The summed E-state index contributed by atoms with van der Waals surface area (Å²) in [5.41, 5.74) is 1.48. The zero-order chi connectivity index (χ0) is 20.5. The summed E-state index contributed by atoms with van der Waals surface area (Å²) in [4.78, 5) is 29.6. The number of carbonyl (C=O) groups is 2. The van der Waals surface area contributed by atoms with Crippen LogP contribution in [0.3, 0.4) is 0 Å². The molecule has 0 spiro atoms. The first kappa shape index (κ1) is 19.7. The Balaban J connectivity index is 1.57. The first-order valence-electron chi connectivity index (χ1n) is 9.02. The van der Waals surface area contributed by atoms with Gasteiger partial charge in [-0.2, -0.15) is 0 Å². The largest absolute Gasteiger partial charge is 0.485 e. The van der Waals surface area contributed by atoms with Gasteiger partial charge in [0, 0.05) is 13.2 Å². The molecule has 2 aromatic rings. The Morgan fingerprint density at radius 2 is 1.93 bits per heavy atom. The minimum Gasteiger partial charge on any atom is -0.485 e. The number of pyridine rings is 1. The Labute approximate surface area is 164 Å². The third kappa shape index (κ3) is 4.44. The number of methoxy groups -OCH3 is 1. The molecular weight excluding hydrogens is 362 g/mol. The quantitative estimate of drug-likeness (QED) is 0.750. The highest BCUT2D eigenvalue weighted by Crippen LogP contribution is 2.24. The molecule has 0 radical (unpaired) electrons. The smallest absolute Gasteiger partial charge is 0.410 e. The van der Waals surface area contributed by atoms with Crippen LogP contribution in [-0.4, -0.2) is 58.4 Å². The third-order valence-corrected chi connectivity index (χ3v) is 4.23. The van der Waals surface area contributed by atoms with Gasteiger partial charge in [-0.1, -0.05) is 0 Å². The van der Waals surface area contributed by atoms with Crippen molar-refractivity contribution in [3.05, 3.63) is 36.2 Å². The number of nitrogens with zero attached hydrogens (tertiary/aromatic N) is 3. The van der Waals surface area contributed by atoms with Crippen molar-refractivity contribution in [3.63, 3.8) is 0 Å². The van der Waals surface area contributed by atoms with E-state index in [0.29, 0.717) is 30.1 Å². The Hall–Kier alpha value is -3.03. The van der Waals surface area contributed by atoms with Gasteiger partial charge in [0.25, 0.3) is 0 Å². The van der Waals surface area contributed by atoms with Gasteiger partial charge < -0.3 is 23.7 Å². The maximum Gasteiger partial charge on any atom is 0.410 e. The van der Waals surface area contributed by atoms with E-state index in [-0.39, 0.29) is 18.2 Å². The molecule has 0 unspecified atom stereocenters. The number of hydrogen-bond acceptors (Lipinski definition) is 6. The van der Waals surface area contributed by atoms with E-state index in [4.69, 9.17) is 14.2 Å². The molecule has 1 fully saturated rings. The molecule has 8 heteroatoms. The maximum atomic E-state index is 11.9. The molecule has 2 aromatic heterocycles. The molecule has 3 rings (SSSR count). The summed E-state index contributed by atoms with van der Waals surface area (Å²) in [6.45, 7) is 6.49. The van der Waals surface area contributed by atoms with Crippen molar-refractivity contribution in [1.82, 2.24) is 14.5 Å². The summed E-state index contributed by atoms with van der Waals surface area (Å²) < 4.78 is 17.7. The van der Waals surface area contributed by atoms with E-state index < -0.39 is 5.60 Å². The van der Waals surface area contributed by atoms with Crippen LogP contribution in [0.2, 0.25) is 0 Å². The predicted octanol–water partition coefficient (Wildman–Crippen LogP) is 2.87. The minimum atomic E-state index is -0.506. The number of amides is 1. The lowest BCUT2D eigenvalue weighted by molar-refractivity contribution is -0.0222. The summed E-state index contributed by atoms with van der Waals surface area (Å²) in [6, 6.07) is 5.39. The summed E-state index contributed by atoms with van der Waals surface area (Å²) in [5, 5.41) is 0. The van der Waals surface area contributed by atoms with Gasteiger partial charge in [-0.05, 0) is 39.0 Å². The molecule has 8 nitrogen and oxygen atoms in total. The Bertz CT molecular complexity index is 861. The zero-order valence-corrected chi connectivity index (χ0v) is 16.8. The fourth-order valence-corrected chi connectivity index (χ4v) is 2.83. The van der Waals surface area contributed by atoms with Gasteiger partial charge in [0.05, 0.1) is 43.3 Å². The van der Waals surface area contributed by atoms with E-state index in [9.17, 15) is 9.59 Å². The Morgan fingerprint density at radius 1 is 1.21 bits per heavy atom.